The van der Waals surface area contributed by atoms with E-state index < -0.39 is 119 Å². The molecule has 6 N–H and O–H groups in total. The lowest BCUT2D eigenvalue weighted by Crippen LogP contribution is -2.82. The van der Waals surface area contributed by atoms with Crippen molar-refractivity contribution < 1.29 is 72.9 Å². The molecule has 17 nitrogen and oxygen atoms in total. The summed E-state index contributed by atoms with van der Waals surface area (Å²) in [7, 11) is 0. The Balaban J connectivity index is 1.40. The monoisotopic (exact) mass is 898 g/mol. The minimum Gasteiger partial charge on any atom is -0.456 e. The highest BCUT2D eigenvalue weighted by Crippen LogP contribution is 2.64. The molecule has 11 atom stereocenters. The maximum atomic E-state index is 15.7. The fourth-order valence-electron chi connectivity index (χ4n) is 10.3. The van der Waals surface area contributed by atoms with E-state index in [0.717, 1.165) is 6.92 Å². The van der Waals surface area contributed by atoms with Crippen molar-refractivity contribution in [2.45, 2.75) is 101 Å². The number of benzene rings is 3. The molecule has 2 amide bonds. The number of aliphatic hydroxyl groups excluding tert-OH is 3. The Labute approximate surface area is 375 Å². The van der Waals surface area contributed by atoms with Gasteiger partial charge >= 0.3 is 24.0 Å². The van der Waals surface area contributed by atoms with Crippen molar-refractivity contribution in [2.75, 3.05) is 19.8 Å². The minimum absolute atomic E-state index is 0.0448. The largest absolute Gasteiger partial charge is 0.456 e. The van der Waals surface area contributed by atoms with Gasteiger partial charge in [0, 0.05) is 37.3 Å². The van der Waals surface area contributed by atoms with Gasteiger partial charge in [0.25, 0.3) is 5.91 Å². The van der Waals surface area contributed by atoms with E-state index in [-0.39, 0.29) is 41.8 Å². The van der Waals surface area contributed by atoms with E-state index in [1.165, 1.54) is 39.8 Å². The van der Waals surface area contributed by atoms with Gasteiger partial charge in [0.05, 0.1) is 42.3 Å². The predicted molar refractivity (Wildman–Crippen MR) is 227 cm³/mol. The van der Waals surface area contributed by atoms with E-state index in [4.69, 9.17) is 23.7 Å². The molecule has 1 heterocycles. The van der Waals surface area contributed by atoms with Crippen LogP contribution in [0.25, 0.3) is 0 Å². The third-order valence-electron chi connectivity index (χ3n) is 13.8. The zero-order valence-corrected chi connectivity index (χ0v) is 36.6. The molecule has 17 heteroatoms. The summed E-state index contributed by atoms with van der Waals surface area (Å²) in [6.07, 6.45) is -12.2. The topological polar surface area (TPSA) is 254 Å². The molecule has 3 aromatic carbocycles. The maximum absolute atomic E-state index is 15.7. The van der Waals surface area contributed by atoms with Crippen molar-refractivity contribution in [1.29, 1.82) is 0 Å². The molecule has 1 aliphatic heterocycles. The summed E-state index contributed by atoms with van der Waals surface area (Å²) in [6, 6.07) is 22.7. The van der Waals surface area contributed by atoms with Crippen molar-refractivity contribution in [3.63, 3.8) is 0 Å². The number of Topliss-reactive ketones (excluding diaryl/α,β-unsaturated/α-hetero) is 1. The first-order valence-electron chi connectivity index (χ1n) is 21.4. The van der Waals surface area contributed by atoms with Crippen LogP contribution in [0.3, 0.4) is 0 Å². The second kappa shape index (κ2) is 18.1. The Morgan fingerprint density at radius 1 is 0.877 bits per heavy atom. The van der Waals surface area contributed by atoms with E-state index in [1.807, 2.05) is 0 Å². The second-order valence-corrected chi connectivity index (χ2v) is 17.8. The first kappa shape index (κ1) is 47.0. The van der Waals surface area contributed by atoms with Gasteiger partial charge in [-0.25, -0.2) is 14.4 Å². The fraction of sp³-hybridized carbons (Fsp3) is 0.458. The number of hydrogen-bond acceptors (Lipinski definition) is 15. The summed E-state index contributed by atoms with van der Waals surface area (Å²) < 4.78 is 30.4. The highest BCUT2D eigenvalue weighted by atomic mass is 16.6. The van der Waals surface area contributed by atoms with E-state index in [9.17, 15) is 44.4 Å². The van der Waals surface area contributed by atoms with E-state index in [2.05, 4.69) is 10.6 Å². The molecule has 0 unspecified atom stereocenters. The Morgan fingerprint density at radius 2 is 1.48 bits per heavy atom. The van der Waals surface area contributed by atoms with E-state index in [1.54, 1.807) is 78.9 Å². The summed E-state index contributed by atoms with van der Waals surface area (Å²) in [5.41, 5.74) is -7.50. The zero-order valence-electron chi connectivity index (χ0n) is 36.6. The van der Waals surface area contributed by atoms with E-state index >= 15 is 4.79 Å². The Morgan fingerprint density at radius 3 is 2.05 bits per heavy atom. The molecule has 3 aliphatic carbocycles. The lowest BCUT2D eigenvalue weighted by Gasteiger charge is -2.67. The second-order valence-electron chi connectivity index (χ2n) is 17.8. The molecule has 65 heavy (non-hydrogen) atoms. The van der Waals surface area contributed by atoms with Gasteiger partial charge in [0.2, 0.25) is 0 Å². The lowest BCUT2D eigenvalue weighted by molar-refractivity contribution is -0.345. The normalized spacial score (nSPS) is 30.9. The summed E-state index contributed by atoms with van der Waals surface area (Å²) in [4.78, 5) is 84.5. The number of aliphatic hydroxyl groups is 4. The first-order valence-corrected chi connectivity index (χ1v) is 21.4. The molecule has 0 aromatic heterocycles. The first-order chi connectivity index (χ1) is 30.8. The van der Waals surface area contributed by atoms with Crippen molar-refractivity contribution in [2.24, 2.45) is 16.7 Å². The maximum Gasteiger partial charge on any atom is 0.408 e. The smallest absolute Gasteiger partial charge is 0.408 e. The lowest BCUT2D eigenvalue weighted by atomic mass is 9.44. The van der Waals surface area contributed by atoms with Gasteiger partial charge in [-0.2, -0.15) is 0 Å². The molecule has 2 saturated carbocycles. The average molecular weight is 899 g/mol. The van der Waals surface area contributed by atoms with Gasteiger partial charge in [-0.1, -0.05) is 80.6 Å². The van der Waals surface area contributed by atoms with Crippen LogP contribution in [0.1, 0.15) is 79.8 Å². The molecule has 2 bridgehead atoms. The molecule has 3 fully saturated rings. The van der Waals surface area contributed by atoms with Gasteiger partial charge in [-0.05, 0) is 54.8 Å². The third-order valence-corrected chi connectivity index (χ3v) is 13.8. The van der Waals surface area contributed by atoms with Gasteiger partial charge in [0.1, 0.15) is 23.9 Å². The standard InChI is InChI=1S/C48H54N2O15/c1-26-31(62-43(58)36(54)35(28-15-9-6-10-16-28)50-41(56)29-17-11-7-12-18-29)24-48(60)40(64-42(57)30-19-13-8-14-20-30)38-46(5,32(53)23-33-47(38,25-61-33)65-27(2)52)39(55)37(34(26)45(48,3)4)63-44(59)49-21-22-51/h6-20,31-33,35-38,40,51,53-54,60H,21-25H2,1-5H3,(H,49,59)(H,50,56)/t31-,32-,33+,35-,36+,37+,38-,40-,46+,47-,48+/m0/s1. The van der Waals surface area contributed by atoms with Gasteiger partial charge in [0.15, 0.2) is 23.6 Å². The zero-order chi connectivity index (χ0) is 47.1. The molecule has 1 saturated heterocycles. The SMILES string of the molecule is CC(=O)O[C@@]12CO[C@@H]1C[C@H](O)[C@@]1(C)C(=O)[C@H](OC(=O)NCCO)C3=C(C)[C@@H](OC(=O)[C@H](O)[C@@H](NC(=O)c4ccccc4)c4ccccc4)C[C@@](O)([C@@H](OC(=O)c4ccccc4)[C@H]21)C3(C)C. The van der Waals surface area contributed by atoms with Crippen LogP contribution in [0.15, 0.2) is 102 Å². The molecule has 0 radical (unpaired) electrons. The highest BCUT2D eigenvalue weighted by molar-refractivity contribution is 5.96. The molecule has 0 spiro atoms. The average Bonchev–Trinajstić information content (AvgIpc) is 3.28. The van der Waals surface area contributed by atoms with Crippen LogP contribution >= 0.6 is 0 Å². The van der Waals surface area contributed by atoms with Crippen molar-refractivity contribution >= 4 is 35.7 Å². The van der Waals surface area contributed by atoms with E-state index in [0.29, 0.717) is 5.56 Å². The number of nitrogens with one attached hydrogen (secondary N) is 2. The van der Waals surface area contributed by atoms with Crippen molar-refractivity contribution in [1.82, 2.24) is 10.6 Å². The highest BCUT2D eigenvalue weighted by Gasteiger charge is 2.78. The molecule has 3 aromatic rings. The van der Waals surface area contributed by atoms with Crippen LogP contribution in [-0.2, 0) is 38.1 Å². The Bertz CT molecular complexity index is 2340. The number of amides is 2. The Kier molecular flexibility index (Phi) is 13.1. The van der Waals surface area contributed by atoms with Crippen LogP contribution in [0.2, 0.25) is 0 Å². The quantitative estimate of drug-likeness (QED) is 0.0869. The molecule has 4 aliphatic rings. The number of rotatable bonds is 12. The van der Waals surface area contributed by atoms with Crippen LogP contribution in [0.4, 0.5) is 4.79 Å². The number of carbonyl (C=O) groups excluding carboxylic acids is 6. The van der Waals surface area contributed by atoms with Crippen LogP contribution in [0.5, 0.6) is 0 Å². The van der Waals surface area contributed by atoms with Crippen LogP contribution in [-0.4, -0.2) is 124 Å². The van der Waals surface area contributed by atoms with Gasteiger partial charge in [-0.15, -0.1) is 0 Å². The molecular weight excluding hydrogens is 845 g/mol. The predicted octanol–water partition coefficient (Wildman–Crippen LogP) is 2.89. The molecule has 7 rings (SSSR count). The van der Waals surface area contributed by atoms with Crippen molar-refractivity contribution in [3.8, 4) is 0 Å². The Hall–Kier alpha value is -5.98. The number of esters is 3. The molecule has 346 valence electrons. The summed E-state index contributed by atoms with van der Waals surface area (Å²) in [5, 5.41) is 52.3. The third kappa shape index (κ3) is 8.20. The number of hydrogen-bond donors (Lipinski definition) is 6. The summed E-state index contributed by atoms with van der Waals surface area (Å²) in [5.74, 6) is -6.20. The number of alkyl carbamates (subject to hydrolysis) is 1. The number of ether oxygens (including phenoxy) is 5. The number of fused-ring (bicyclic) bond motifs is 5. The van der Waals surface area contributed by atoms with Gasteiger partial charge < -0.3 is 54.7 Å². The van der Waals surface area contributed by atoms with Crippen LogP contribution < -0.4 is 10.6 Å². The number of ketones is 1. The minimum atomic E-state index is -2.46. The fourth-order valence-corrected chi connectivity index (χ4v) is 10.3. The summed E-state index contributed by atoms with van der Waals surface area (Å²) in [6.45, 7) is 5.92. The van der Waals surface area contributed by atoms with Crippen LogP contribution in [0, 0.1) is 16.7 Å². The van der Waals surface area contributed by atoms with Gasteiger partial charge in [-0.3, -0.25) is 14.4 Å². The number of carbonyl (C=O) groups is 6. The molecular formula is C48H54N2O15. The summed E-state index contributed by atoms with van der Waals surface area (Å²) >= 11 is 0. The van der Waals surface area contributed by atoms with Crippen molar-refractivity contribution in [3.05, 3.63) is 119 Å².